The van der Waals surface area contributed by atoms with Gasteiger partial charge in [0.15, 0.2) is 0 Å². The Labute approximate surface area is 170 Å². The molecule has 0 radical (unpaired) electrons. The van der Waals surface area contributed by atoms with E-state index in [0.717, 1.165) is 28.5 Å². The third-order valence-corrected chi connectivity index (χ3v) is 6.39. The van der Waals surface area contributed by atoms with E-state index in [0.29, 0.717) is 17.4 Å². The molecule has 2 fully saturated rings. The largest absolute Gasteiger partial charge is 0.352 e. The van der Waals surface area contributed by atoms with Crippen molar-refractivity contribution in [3.05, 3.63) is 48.0 Å². The molecule has 0 spiro atoms. The van der Waals surface area contributed by atoms with Gasteiger partial charge in [-0.3, -0.25) is 14.5 Å². The minimum atomic E-state index is -1.18. The summed E-state index contributed by atoms with van der Waals surface area (Å²) < 4.78 is 0. The number of fused-ring (bicyclic) bond motifs is 1. The molecule has 2 aliphatic rings. The quantitative estimate of drug-likeness (QED) is 0.766. The summed E-state index contributed by atoms with van der Waals surface area (Å²) >= 11 is 0. The predicted molar refractivity (Wildman–Crippen MR) is 111 cm³/mol. The highest BCUT2D eigenvalue weighted by molar-refractivity contribution is 6.09. The number of rotatable bonds is 5. The fraction of sp³-hybridized carbons (Fsp3) is 0.435. The van der Waals surface area contributed by atoms with Crippen molar-refractivity contribution in [2.75, 3.05) is 6.54 Å². The Morgan fingerprint density at radius 1 is 1.17 bits per heavy atom. The molecule has 1 atom stereocenters. The molecule has 6 heteroatoms. The number of carbonyl (C=O) groups is 3. The highest BCUT2D eigenvalue weighted by atomic mass is 16.2. The zero-order chi connectivity index (χ0) is 20.8. The molecule has 1 unspecified atom stereocenters. The number of nitrogens with one attached hydrogen (secondary N) is 2. The average Bonchev–Trinajstić information content (AvgIpc) is 2.87. The highest BCUT2D eigenvalue weighted by Gasteiger charge is 2.49. The molecule has 29 heavy (non-hydrogen) atoms. The van der Waals surface area contributed by atoms with Gasteiger partial charge in [-0.2, -0.15) is 0 Å². The van der Waals surface area contributed by atoms with Gasteiger partial charge in [-0.05, 0) is 54.0 Å². The van der Waals surface area contributed by atoms with Gasteiger partial charge in [-0.1, -0.05) is 50.2 Å². The molecule has 1 aliphatic heterocycles. The van der Waals surface area contributed by atoms with Gasteiger partial charge in [0.25, 0.3) is 5.91 Å². The van der Waals surface area contributed by atoms with E-state index in [9.17, 15) is 14.4 Å². The van der Waals surface area contributed by atoms with Crippen molar-refractivity contribution in [1.82, 2.24) is 15.5 Å². The summed E-state index contributed by atoms with van der Waals surface area (Å²) in [5.74, 6) is 0.551. The maximum absolute atomic E-state index is 13.1. The molecule has 2 N–H and O–H groups in total. The van der Waals surface area contributed by atoms with Gasteiger partial charge in [0, 0.05) is 6.04 Å². The topological polar surface area (TPSA) is 78.5 Å². The second-order valence-electron chi connectivity index (χ2n) is 8.75. The lowest BCUT2D eigenvalue weighted by atomic mass is 9.74. The molecule has 1 aliphatic carbocycles. The van der Waals surface area contributed by atoms with Crippen LogP contribution in [0.3, 0.4) is 0 Å². The van der Waals surface area contributed by atoms with E-state index in [-0.39, 0.29) is 18.5 Å². The molecule has 0 bridgehead atoms. The number of nitrogens with zero attached hydrogens (tertiary/aromatic N) is 1. The zero-order valence-electron chi connectivity index (χ0n) is 17.1. The second-order valence-corrected chi connectivity index (χ2v) is 8.75. The highest BCUT2D eigenvalue weighted by Crippen LogP contribution is 2.34. The summed E-state index contributed by atoms with van der Waals surface area (Å²) in [6.45, 7) is 5.80. The van der Waals surface area contributed by atoms with E-state index < -0.39 is 17.5 Å². The number of hydrogen-bond donors (Lipinski definition) is 2. The molecule has 1 heterocycles. The van der Waals surface area contributed by atoms with Gasteiger partial charge in [-0.25, -0.2) is 4.79 Å². The molecule has 4 amide bonds. The van der Waals surface area contributed by atoms with Gasteiger partial charge < -0.3 is 10.6 Å². The predicted octanol–water partition coefficient (Wildman–Crippen LogP) is 3.16. The molecule has 4 rings (SSSR count). The van der Waals surface area contributed by atoms with Crippen LogP contribution in [0, 0.1) is 11.8 Å². The van der Waals surface area contributed by atoms with E-state index in [1.807, 2.05) is 42.5 Å². The molecule has 0 aromatic heterocycles. The van der Waals surface area contributed by atoms with Crippen LogP contribution >= 0.6 is 0 Å². The van der Waals surface area contributed by atoms with E-state index in [1.54, 1.807) is 6.92 Å². The summed E-state index contributed by atoms with van der Waals surface area (Å²) in [7, 11) is 0. The fourth-order valence-electron chi connectivity index (χ4n) is 4.28. The van der Waals surface area contributed by atoms with Crippen molar-refractivity contribution in [1.29, 1.82) is 0 Å². The van der Waals surface area contributed by atoms with Crippen molar-refractivity contribution in [2.45, 2.75) is 45.2 Å². The Hall–Kier alpha value is -2.89. The first-order chi connectivity index (χ1) is 13.8. The van der Waals surface area contributed by atoms with Gasteiger partial charge in [-0.15, -0.1) is 0 Å². The van der Waals surface area contributed by atoms with Crippen LogP contribution < -0.4 is 10.6 Å². The maximum atomic E-state index is 13.1. The van der Waals surface area contributed by atoms with Crippen molar-refractivity contribution < 1.29 is 14.4 Å². The summed E-state index contributed by atoms with van der Waals surface area (Å²) in [6, 6.07) is 13.2. The standard InChI is InChI=1S/C23H27N3O3/c1-14(2)17-11-19(12-17)24-20(27)13-26-21(28)23(3,25-22(26)29)18-9-8-15-6-4-5-7-16(15)10-18/h4-10,14,17,19H,11-13H2,1-3H3,(H,24,27)(H,25,29). The van der Waals surface area contributed by atoms with E-state index in [2.05, 4.69) is 24.5 Å². The van der Waals surface area contributed by atoms with Gasteiger partial charge >= 0.3 is 6.03 Å². The average molecular weight is 393 g/mol. The smallest absolute Gasteiger partial charge is 0.325 e. The monoisotopic (exact) mass is 393 g/mol. The van der Waals surface area contributed by atoms with Crippen molar-refractivity contribution >= 4 is 28.6 Å². The molecule has 2 aromatic rings. The maximum Gasteiger partial charge on any atom is 0.325 e. The van der Waals surface area contributed by atoms with Crippen molar-refractivity contribution in [3.63, 3.8) is 0 Å². The normalized spacial score (nSPS) is 26.6. The molecular formula is C23H27N3O3. The summed E-state index contributed by atoms with van der Waals surface area (Å²) in [5, 5.41) is 7.78. The lowest BCUT2D eigenvalue weighted by Gasteiger charge is -2.38. The molecular weight excluding hydrogens is 366 g/mol. The van der Waals surface area contributed by atoms with E-state index >= 15 is 0 Å². The molecule has 6 nitrogen and oxygen atoms in total. The number of benzene rings is 2. The van der Waals surface area contributed by atoms with Crippen LogP contribution in [0.15, 0.2) is 42.5 Å². The Morgan fingerprint density at radius 3 is 2.55 bits per heavy atom. The fourth-order valence-corrected chi connectivity index (χ4v) is 4.28. The SMILES string of the molecule is CC(C)C1CC(NC(=O)CN2C(=O)NC(C)(c3ccc4ccccc4c3)C2=O)C1. The molecule has 1 saturated heterocycles. The van der Waals surface area contributed by atoms with Crippen LogP contribution in [0.25, 0.3) is 10.8 Å². The number of hydrogen-bond acceptors (Lipinski definition) is 3. The van der Waals surface area contributed by atoms with Gasteiger partial charge in [0.05, 0.1) is 0 Å². The van der Waals surface area contributed by atoms with Gasteiger partial charge in [0.2, 0.25) is 5.91 Å². The summed E-state index contributed by atoms with van der Waals surface area (Å²) in [6.07, 6.45) is 1.91. The summed E-state index contributed by atoms with van der Waals surface area (Å²) in [4.78, 5) is 39.0. The first kappa shape index (κ1) is 19.4. The Balaban J connectivity index is 1.45. The van der Waals surface area contributed by atoms with Crippen LogP contribution in [0.4, 0.5) is 4.79 Å². The van der Waals surface area contributed by atoms with E-state index in [1.165, 1.54) is 0 Å². The minimum absolute atomic E-state index is 0.141. The van der Waals surface area contributed by atoms with Crippen LogP contribution in [0.1, 0.15) is 39.2 Å². The number of urea groups is 1. The minimum Gasteiger partial charge on any atom is -0.352 e. The first-order valence-electron chi connectivity index (χ1n) is 10.2. The molecule has 2 aromatic carbocycles. The Bertz CT molecular complexity index is 980. The lowest BCUT2D eigenvalue weighted by molar-refractivity contribution is -0.135. The van der Waals surface area contributed by atoms with Crippen LogP contribution in [0.2, 0.25) is 0 Å². The van der Waals surface area contributed by atoms with Crippen LogP contribution in [0.5, 0.6) is 0 Å². The van der Waals surface area contributed by atoms with Crippen molar-refractivity contribution in [3.8, 4) is 0 Å². The Morgan fingerprint density at radius 2 is 1.86 bits per heavy atom. The second kappa shape index (κ2) is 7.17. The zero-order valence-corrected chi connectivity index (χ0v) is 17.1. The Kier molecular flexibility index (Phi) is 4.81. The lowest BCUT2D eigenvalue weighted by Crippen LogP contribution is -2.50. The summed E-state index contributed by atoms with van der Waals surface area (Å²) in [5.41, 5.74) is -0.475. The van der Waals surface area contributed by atoms with Gasteiger partial charge in [0.1, 0.15) is 12.1 Å². The molecule has 152 valence electrons. The van der Waals surface area contributed by atoms with Crippen LogP contribution in [-0.4, -0.2) is 35.3 Å². The number of imide groups is 1. The first-order valence-corrected chi connectivity index (χ1v) is 10.2. The third kappa shape index (κ3) is 3.48. The van der Waals surface area contributed by atoms with Crippen molar-refractivity contribution in [2.24, 2.45) is 11.8 Å². The third-order valence-electron chi connectivity index (χ3n) is 6.39. The molecule has 1 saturated carbocycles. The number of amides is 4. The van der Waals surface area contributed by atoms with Crippen LogP contribution in [-0.2, 0) is 15.1 Å². The number of carbonyl (C=O) groups excluding carboxylic acids is 3. The van der Waals surface area contributed by atoms with E-state index in [4.69, 9.17) is 0 Å².